The molecule has 0 fully saturated rings. The SMILES string of the molecule is CCn1c(CN(C)C(=O)CSC(C)(C)C)nc2ccccc21. The molecule has 1 aromatic carbocycles. The average molecular weight is 319 g/mol. The van der Waals surface area contributed by atoms with Gasteiger partial charge in [0, 0.05) is 18.3 Å². The van der Waals surface area contributed by atoms with E-state index < -0.39 is 0 Å². The summed E-state index contributed by atoms with van der Waals surface area (Å²) in [6.07, 6.45) is 0. The summed E-state index contributed by atoms with van der Waals surface area (Å²) in [4.78, 5) is 18.7. The predicted molar refractivity (Wildman–Crippen MR) is 94.1 cm³/mol. The van der Waals surface area contributed by atoms with Crippen LogP contribution >= 0.6 is 11.8 Å². The van der Waals surface area contributed by atoms with Crippen molar-refractivity contribution in [1.82, 2.24) is 14.5 Å². The van der Waals surface area contributed by atoms with Gasteiger partial charge in [0.25, 0.3) is 0 Å². The highest BCUT2D eigenvalue weighted by molar-refractivity contribution is 8.01. The van der Waals surface area contributed by atoms with Crippen molar-refractivity contribution in [3.8, 4) is 0 Å². The Hall–Kier alpha value is -1.49. The summed E-state index contributed by atoms with van der Waals surface area (Å²) in [7, 11) is 1.85. The molecule has 5 heteroatoms. The molecule has 120 valence electrons. The molecule has 0 atom stereocenters. The lowest BCUT2D eigenvalue weighted by Gasteiger charge is -2.21. The second-order valence-corrected chi connectivity index (χ2v) is 8.21. The Labute approximate surface area is 136 Å². The van der Waals surface area contributed by atoms with Crippen LogP contribution in [0.1, 0.15) is 33.5 Å². The molecule has 0 saturated heterocycles. The zero-order chi connectivity index (χ0) is 16.3. The standard InChI is InChI=1S/C17H25N3OS/c1-6-20-14-10-8-7-9-13(14)18-15(20)11-19(5)16(21)12-22-17(2,3)4/h7-10H,6,11-12H2,1-5H3. The van der Waals surface area contributed by atoms with E-state index in [4.69, 9.17) is 0 Å². The van der Waals surface area contributed by atoms with Gasteiger partial charge < -0.3 is 9.47 Å². The van der Waals surface area contributed by atoms with Crippen molar-refractivity contribution in [2.45, 2.75) is 45.5 Å². The lowest BCUT2D eigenvalue weighted by molar-refractivity contribution is -0.127. The molecule has 0 unspecified atom stereocenters. The fourth-order valence-electron chi connectivity index (χ4n) is 2.29. The van der Waals surface area contributed by atoms with E-state index in [1.807, 2.05) is 25.2 Å². The molecule has 0 spiro atoms. The lowest BCUT2D eigenvalue weighted by Crippen LogP contribution is -2.30. The molecule has 1 aromatic heterocycles. The van der Waals surface area contributed by atoms with Gasteiger partial charge in [0.1, 0.15) is 5.82 Å². The van der Waals surface area contributed by atoms with E-state index in [1.54, 1.807) is 16.7 Å². The molecule has 2 rings (SSSR count). The quantitative estimate of drug-likeness (QED) is 0.846. The number of fused-ring (bicyclic) bond motifs is 1. The summed E-state index contributed by atoms with van der Waals surface area (Å²) >= 11 is 1.68. The summed E-state index contributed by atoms with van der Waals surface area (Å²) in [6.45, 7) is 9.89. The molecule has 2 aromatic rings. The van der Waals surface area contributed by atoms with Crippen LogP contribution in [0, 0.1) is 0 Å². The van der Waals surface area contributed by atoms with E-state index in [-0.39, 0.29) is 10.7 Å². The van der Waals surface area contributed by atoms with Gasteiger partial charge in [-0.3, -0.25) is 4.79 Å². The van der Waals surface area contributed by atoms with E-state index in [0.717, 1.165) is 23.4 Å². The highest BCUT2D eigenvalue weighted by Gasteiger charge is 2.18. The molecule has 0 saturated carbocycles. The molecule has 0 N–H and O–H groups in total. The van der Waals surface area contributed by atoms with Crippen LogP contribution in [0.25, 0.3) is 11.0 Å². The minimum atomic E-state index is 0.104. The smallest absolute Gasteiger partial charge is 0.232 e. The molecule has 1 amide bonds. The van der Waals surface area contributed by atoms with Crippen molar-refractivity contribution < 1.29 is 4.79 Å². The number of aromatic nitrogens is 2. The third-order valence-electron chi connectivity index (χ3n) is 3.48. The first kappa shape index (κ1) is 16.9. The van der Waals surface area contributed by atoms with Gasteiger partial charge in [0.05, 0.1) is 23.3 Å². The number of hydrogen-bond donors (Lipinski definition) is 0. The van der Waals surface area contributed by atoms with E-state index in [9.17, 15) is 4.79 Å². The zero-order valence-corrected chi connectivity index (χ0v) is 14.9. The molecular weight excluding hydrogens is 294 g/mol. The number of thioether (sulfide) groups is 1. The Morgan fingerprint density at radius 1 is 1.32 bits per heavy atom. The average Bonchev–Trinajstić information content (AvgIpc) is 2.80. The van der Waals surface area contributed by atoms with Crippen molar-refractivity contribution >= 4 is 28.7 Å². The maximum Gasteiger partial charge on any atom is 0.232 e. The number of carbonyl (C=O) groups excluding carboxylic acids is 1. The summed E-state index contributed by atoms with van der Waals surface area (Å²) < 4.78 is 2.28. The van der Waals surface area contributed by atoms with Crippen molar-refractivity contribution in [3.05, 3.63) is 30.1 Å². The van der Waals surface area contributed by atoms with E-state index >= 15 is 0 Å². The number of benzene rings is 1. The Bertz CT molecular complexity index is 657. The second kappa shape index (κ2) is 6.73. The Morgan fingerprint density at radius 2 is 2.00 bits per heavy atom. The third kappa shape index (κ3) is 4.03. The first-order chi connectivity index (χ1) is 10.3. The molecule has 0 aliphatic carbocycles. The van der Waals surface area contributed by atoms with Crippen molar-refractivity contribution in [2.24, 2.45) is 0 Å². The highest BCUT2D eigenvalue weighted by Crippen LogP contribution is 2.23. The van der Waals surface area contributed by atoms with Crippen LogP contribution in [0.4, 0.5) is 0 Å². The number of amides is 1. The number of hydrogen-bond acceptors (Lipinski definition) is 3. The van der Waals surface area contributed by atoms with Crippen LogP contribution in [-0.2, 0) is 17.9 Å². The number of para-hydroxylation sites is 2. The topological polar surface area (TPSA) is 38.1 Å². The maximum absolute atomic E-state index is 12.3. The summed E-state index contributed by atoms with van der Waals surface area (Å²) in [5, 5.41) is 0. The molecule has 0 aliphatic heterocycles. The lowest BCUT2D eigenvalue weighted by atomic mass is 10.3. The van der Waals surface area contributed by atoms with Gasteiger partial charge in [-0.15, -0.1) is 11.8 Å². The van der Waals surface area contributed by atoms with Crippen molar-refractivity contribution in [3.63, 3.8) is 0 Å². The van der Waals surface area contributed by atoms with Crippen molar-refractivity contribution in [2.75, 3.05) is 12.8 Å². The monoisotopic (exact) mass is 319 g/mol. The maximum atomic E-state index is 12.3. The van der Waals surface area contributed by atoms with E-state index in [2.05, 4.69) is 43.3 Å². The molecule has 0 bridgehead atoms. The van der Waals surface area contributed by atoms with Crippen LogP contribution in [0.5, 0.6) is 0 Å². The predicted octanol–water partition coefficient (Wildman–Crippen LogP) is 3.55. The van der Waals surface area contributed by atoms with Crippen LogP contribution in [0.3, 0.4) is 0 Å². The minimum absolute atomic E-state index is 0.104. The number of nitrogens with zero attached hydrogens (tertiary/aromatic N) is 3. The van der Waals surface area contributed by atoms with Crippen LogP contribution < -0.4 is 0 Å². The first-order valence-corrected chi connectivity index (χ1v) is 8.62. The Morgan fingerprint density at radius 3 is 2.64 bits per heavy atom. The minimum Gasteiger partial charge on any atom is -0.338 e. The first-order valence-electron chi connectivity index (χ1n) is 7.64. The highest BCUT2D eigenvalue weighted by atomic mass is 32.2. The summed E-state index contributed by atoms with van der Waals surface area (Å²) in [6, 6.07) is 8.11. The number of rotatable bonds is 5. The van der Waals surface area contributed by atoms with Gasteiger partial charge in [-0.1, -0.05) is 32.9 Å². The zero-order valence-electron chi connectivity index (χ0n) is 14.1. The normalized spacial score (nSPS) is 11.9. The Balaban J connectivity index is 2.11. The van der Waals surface area contributed by atoms with Gasteiger partial charge in [-0.05, 0) is 19.1 Å². The fraction of sp³-hybridized carbons (Fsp3) is 0.529. The van der Waals surface area contributed by atoms with Crippen molar-refractivity contribution in [1.29, 1.82) is 0 Å². The van der Waals surface area contributed by atoms with Gasteiger partial charge in [-0.25, -0.2) is 4.98 Å². The van der Waals surface area contributed by atoms with E-state index in [0.29, 0.717) is 12.3 Å². The summed E-state index contributed by atoms with van der Waals surface area (Å²) in [5.74, 6) is 1.60. The van der Waals surface area contributed by atoms with E-state index in [1.165, 1.54) is 0 Å². The largest absolute Gasteiger partial charge is 0.338 e. The second-order valence-electron chi connectivity index (χ2n) is 6.41. The molecule has 0 aliphatic rings. The van der Waals surface area contributed by atoms with Crippen LogP contribution in [0.15, 0.2) is 24.3 Å². The number of imidazole rings is 1. The molecule has 22 heavy (non-hydrogen) atoms. The third-order valence-corrected chi connectivity index (χ3v) is 4.74. The molecular formula is C17H25N3OS. The van der Waals surface area contributed by atoms with Crippen LogP contribution in [0.2, 0.25) is 0 Å². The fourth-order valence-corrected chi connectivity index (χ4v) is 3.06. The van der Waals surface area contributed by atoms with Gasteiger partial charge in [-0.2, -0.15) is 0 Å². The van der Waals surface area contributed by atoms with Crippen LogP contribution in [-0.4, -0.2) is 37.9 Å². The van der Waals surface area contributed by atoms with Gasteiger partial charge in [0.15, 0.2) is 0 Å². The Kier molecular flexibility index (Phi) is 5.16. The number of aryl methyl sites for hydroxylation is 1. The summed E-state index contributed by atoms with van der Waals surface area (Å²) in [5.41, 5.74) is 2.12. The molecule has 0 radical (unpaired) electrons. The van der Waals surface area contributed by atoms with Gasteiger partial charge in [0.2, 0.25) is 5.91 Å². The molecule has 4 nitrogen and oxygen atoms in total. The molecule has 1 heterocycles. The number of carbonyl (C=O) groups is 1. The van der Waals surface area contributed by atoms with Gasteiger partial charge >= 0.3 is 0 Å².